The van der Waals surface area contributed by atoms with Gasteiger partial charge in [-0.1, -0.05) is 0 Å². The number of hydrogen-bond donors (Lipinski definition) is 0. The molecule has 0 amide bonds. The van der Waals surface area contributed by atoms with Gasteiger partial charge in [0.2, 0.25) is 0 Å². The molecule has 1 aliphatic rings. The van der Waals surface area contributed by atoms with Crippen LogP contribution >= 0.6 is 8.03 Å². The van der Waals surface area contributed by atoms with Gasteiger partial charge >= 0.3 is 20.4 Å². The third-order valence-corrected chi connectivity index (χ3v) is 2.17. The Morgan fingerprint density at radius 2 is 2.00 bits per heavy atom. The van der Waals surface area contributed by atoms with Gasteiger partial charge in [0.1, 0.15) is 0 Å². The average molecular weight is 180 g/mol. The summed E-state index contributed by atoms with van der Waals surface area (Å²) >= 11 is 0. The van der Waals surface area contributed by atoms with E-state index in [0.29, 0.717) is 0 Å². The van der Waals surface area contributed by atoms with Crippen LogP contribution < -0.4 is 0 Å². The highest BCUT2D eigenvalue weighted by Crippen LogP contribution is 2.68. The van der Waals surface area contributed by atoms with Crippen LogP contribution in [0.4, 0.5) is 21.7 Å². The molecule has 0 aromatic heterocycles. The van der Waals surface area contributed by atoms with Crippen molar-refractivity contribution in [1.82, 2.24) is 4.89 Å². The van der Waals surface area contributed by atoms with Crippen LogP contribution in [0.1, 0.15) is 0 Å². The van der Waals surface area contributed by atoms with E-state index < -0.39 is 30.1 Å². The third-order valence-electron chi connectivity index (χ3n) is 0.904. The molecular weight excluding hydrogens is 178 g/mol. The van der Waals surface area contributed by atoms with Crippen molar-refractivity contribution in [3.8, 4) is 0 Å². The van der Waals surface area contributed by atoms with Crippen LogP contribution in [0.5, 0.6) is 0 Å². The Bertz CT molecular complexity index is 190. The smallest absolute Gasteiger partial charge is 0.113 e. The van der Waals surface area contributed by atoms with E-state index in [0.717, 1.165) is 0 Å². The molecule has 0 fully saturated rings. The number of rotatable bonds is 0. The first-order valence-electron chi connectivity index (χ1n) is 2.14. The van der Waals surface area contributed by atoms with Gasteiger partial charge in [-0.3, -0.25) is 0 Å². The van der Waals surface area contributed by atoms with Gasteiger partial charge in [0.05, 0.1) is 4.48 Å². The maximum absolute atomic E-state index is 12.0. The normalized spacial score (nSPS) is 24.3. The summed E-state index contributed by atoms with van der Waals surface area (Å²) in [4.78, 5) is -2.39. The molecule has 1 rings (SSSR count). The van der Waals surface area contributed by atoms with Crippen LogP contribution in [0.2, 0.25) is 0 Å². The standard InChI is InChI=1S/C2H2F5N2P/c3-2-8(4)1-10(6,7)9(2)5/h1H2/q+2. The molecule has 0 atom stereocenters. The van der Waals surface area contributed by atoms with Gasteiger partial charge in [0.25, 0.3) is 0 Å². The van der Waals surface area contributed by atoms with Crippen LogP contribution in [0, 0.1) is 0 Å². The predicted molar refractivity (Wildman–Crippen MR) is 24.4 cm³/mol. The van der Waals surface area contributed by atoms with E-state index in [1.807, 2.05) is 0 Å². The maximum Gasteiger partial charge on any atom is 0.629 e. The quantitative estimate of drug-likeness (QED) is 0.239. The zero-order valence-corrected chi connectivity index (χ0v) is 5.33. The van der Waals surface area contributed by atoms with E-state index >= 15 is 0 Å². The monoisotopic (exact) mass is 180 g/mol. The molecule has 0 N–H and O–H groups in total. The van der Waals surface area contributed by atoms with Crippen molar-refractivity contribution < 1.29 is 26.5 Å². The van der Waals surface area contributed by atoms with Crippen LogP contribution in [-0.4, -0.2) is 22.1 Å². The molecule has 0 aromatic rings. The van der Waals surface area contributed by atoms with Crippen molar-refractivity contribution >= 4 is 14.1 Å². The summed E-state index contributed by atoms with van der Waals surface area (Å²) in [6, 6.07) is 0. The topological polar surface area (TPSA) is 6.25 Å². The van der Waals surface area contributed by atoms with Crippen molar-refractivity contribution in [1.29, 1.82) is 0 Å². The molecule has 1 aliphatic heterocycles. The molecule has 0 spiro atoms. The lowest BCUT2D eigenvalue weighted by atomic mass is 11.2. The Hall–Kier alpha value is -0.450. The summed E-state index contributed by atoms with van der Waals surface area (Å²) in [6.07, 6.45) is -3.67. The minimum atomic E-state index is -5.19. The molecule has 58 valence electrons. The van der Waals surface area contributed by atoms with Crippen LogP contribution in [-0.2, 0) is 0 Å². The summed E-state index contributed by atoms with van der Waals surface area (Å²) in [5, 5.41) is 0. The van der Waals surface area contributed by atoms with E-state index in [-0.39, 0.29) is 0 Å². The van der Waals surface area contributed by atoms with Crippen molar-refractivity contribution in [3.63, 3.8) is 0 Å². The summed E-state index contributed by atoms with van der Waals surface area (Å²) in [7, 11) is -5.19. The molecule has 0 aromatic carbocycles. The minimum absolute atomic E-state index is 0.951. The van der Waals surface area contributed by atoms with Gasteiger partial charge in [-0.2, -0.15) is 0 Å². The molecule has 0 bridgehead atoms. The van der Waals surface area contributed by atoms with E-state index in [9.17, 15) is 21.7 Å². The number of hydrogen-bond acceptors (Lipinski definition) is 1. The molecule has 2 nitrogen and oxygen atoms in total. The fraction of sp³-hybridized carbons (Fsp3) is 0.500. The Balaban J connectivity index is 2.87. The van der Waals surface area contributed by atoms with Crippen LogP contribution in [0.15, 0.2) is 0 Å². The van der Waals surface area contributed by atoms with Crippen LogP contribution in [0.3, 0.4) is 0 Å². The second-order valence-electron chi connectivity index (χ2n) is 1.63. The fourth-order valence-corrected chi connectivity index (χ4v) is 1.34. The van der Waals surface area contributed by atoms with Crippen molar-refractivity contribution in [2.75, 3.05) is 6.29 Å². The summed E-state index contributed by atoms with van der Waals surface area (Å²) in [6.45, 7) is 0. The van der Waals surface area contributed by atoms with Crippen molar-refractivity contribution in [2.24, 2.45) is 0 Å². The molecule has 1 heterocycles. The number of nitrogens with zero attached hydrogens (tertiary/aromatic N) is 2. The van der Waals surface area contributed by atoms with Crippen LogP contribution in [0.25, 0.3) is 0 Å². The van der Waals surface area contributed by atoms with E-state index in [2.05, 4.69) is 0 Å². The first-order valence-corrected chi connectivity index (χ1v) is 3.85. The Morgan fingerprint density at radius 3 is 2.10 bits per heavy atom. The molecule has 0 radical (unpaired) electrons. The largest absolute Gasteiger partial charge is 0.629 e. The molecule has 0 aliphatic carbocycles. The van der Waals surface area contributed by atoms with Gasteiger partial charge in [-0.05, 0) is 0 Å². The molecule has 0 unspecified atom stereocenters. The fourth-order valence-electron chi connectivity index (χ4n) is 0.474. The summed E-state index contributed by atoms with van der Waals surface area (Å²) in [5.41, 5.74) is 0. The zero-order valence-electron chi connectivity index (χ0n) is 4.44. The average Bonchev–Trinajstić information content (AvgIpc) is 1.95. The lowest BCUT2D eigenvalue weighted by molar-refractivity contribution is -0.698. The van der Waals surface area contributed by atoms with E-state index in [4.69, 9.17) is 0 Å². The lowest BCUT2D eigenvalue weighted by Gasteiger charge is -1.88. The Labute approximate surface area is 53.0 Å². The second kappa shape index (κ2) is 2.02. The zero-order chi connectivity index (χ0) is 7.94. The summed E-state index contributed by atoms with van der Waals surface area (Å²) < 4.78 is 59.2. The molecule has 8 heteroatoms. The number of amidine groups is 1. The highest BCUT2D eigenvalue weighted by molar-refractivity contribution is 7.63. The summed E-state index contributed by atoms with van der Waals surface area (Å²) in [5.74, 6) is 0. The van der Waals surface area contributed by atoms with Gasteiger partial charge < -0.3 is 0 Å². The van der Waals surface area contributed by atoms with Gasteiger partial charge in [-0.25, -0.2) is 0 Å². The second-order valence-corrected chi connectivity index (χ2v) is 3.45. The van der Waals surface area contributed by atoms with Gasteiger partial charge in [0, 0.05) is 17.7 Å². The van der Waals surface area contributed by atoms with Crippen molar-refractivity contribution in [2.45, 2.75) is 0 Å². The van der Waals surface area contributed by atoms with E-state index in [1.165, 1.54) is 0 Å². The Kier molecular flexibility index (Phi) is 1.54. The van der Waals surface area contributed by atoms with E-state index in [1.54, 1.807) is 0 Å². The maximum atomic E-state index is 12.0. The lowest BCUT2D eigenvalue weighted by Crippen LogP contribution is -2.11. The highest BCUT2D eigenvalue weighted by Gasteiger charge is 2.72. The minimum Gasteiger partial charge on any atom is -0.113 e. The molecular formula is C2H2F5N2P+2. The van der Waals surface area contributed by atoms with Gasteiger partial charge in [0.15, 0.2) is 4.89 Å². The molecule has 0 saturated heterocycles. The van der Waals surface area contributed by atoms with Crippen molar-refractivity contribution in [3.05, 3.63) is 0 Å². The number of halogens is 5. The molecule has 10 heavy (non-hydrogen) atoms. The predicted octanol–water partition coefficient (Wildman–Crippen LogP) is 2.07. The SMILES string of the molecule is FC1=[N+](F)C[P+](F)(F)N1F. The van der Waals surface area contributed by atoms with Gasteiger partial charge in [-0.15, -0.1) is 4.39 Å². The Morgan fingerprint density at radius 1 is 1.50 bits per heavy atom. The first kappa shape index (κ1) is 7.65. The highest BCUT2D eigenvalue weighted by atomic mass is 31.2. The molecule has 0 saturated carbocycles. The third kappa shape index (κ3) is 0.941. The first-order chi connectivity index (χ1) is 4.45.